The lowest BCUT2D eigenvalue weighted by molar-refractivity contribution is -0.122. The number of carbonyl (C=O) groups is 1. The van der Waals surface area contributed by atoms with Gasteiger partial charge in [0.2, 0.25) is 5.91 Å². The molecule has 0 aliphatic heterocycles. The molecule has 0 spiro atoms. The first kappa shape index (κ1) is 15.0. The Morgan fingerprint density at radius 1 is 1.31 bits per heavy atom. The van der Waals surface area contributed by atoms with E-state index in [0.717, 1.165) is 32.4 Å². The van der Waals surface area contributed by atoms with Crippen molar-refractivity contribution in [2.24, 2.45) is 5.92 Å². The van der Waals surface area contributed by atoms with Gasteiger partial charge in [-0.05, 0) is 32.2 Å². The van der Waals surface area contributed by atoms with Crippen molar-refractivity contribution < 1.29 is 4.79 Å². The fourth-order valence-corrected chi connectivity index (χ4v) is 1.22. The Morgan fingerprint density at radius 2 is 2.00 bits per heavy atom. The number of rotatable bonds is 8. The number of nitrogens with one attached hydrogen (secondary N) is 2. The largest absolute Gasteiger partial charge is 0.354 e. The molecule has 0 aromatic heterocycles. The van der Waals surface area contributed by atoms with Crippen LogP contribution in [0.5, 0.6) is 0 Å². The van der Waals surface area contributed by atoms with Crippen molar-refractivity contribution in [2.75, 3.05) is 13.1 Å². The van der Waals surface area contributed by atoms with Gasteiger partial charge in [0.15, 0.2) is 0 Å². The van der Waals surface area contributed by atoms with Gasteiger partial charge in [-0.3, -0.25) is 4.79 Å². The molecule has 1 atom stereocenters. The van der Waals surface area contributed by atoms with Gasteiger partial charge < -0.3 is 10.6 Å². The maximum atomic E-state index is 11.6. The third kappa shape index (κ3) is 8.31. The number of terminal acetylenes is 1. The fraction of sp³-hybridized carbons (Fsp3) is 0.769. The van der Waals surface area contributed by atoms with Crippen LogP contribution in [0.15, 0.2) is 0 Å². The van der Waals surface area contributed by atoms with Crippen molar-refractivity contribution in [3.05, 3.63) is 0 Å². The first-order chi connectivity index (χ1) is 7.57. The lowest BCUT2D eigenvalue weighted by Crippen LogP contribution is -2.43. The molecule has 0 bridgehead atoms. The highest BCUT2D eigenvalue weighted by Crippen LogP contribution is 1.93. The van der Waals surface area contributed by atoms with E-state index in [2.05, 4.69) is 30.4 Å². The zero-order valence-corrected chi connectivity index (χ0v) is 10.7. The minimum atomic E-state index is -0.121. The number of hydrogen-bond donors (Lipinski definition) is 2. The topological polar surface area (TPSA) is 41.1 Å². The Kier molecular flexibility index (Phi) is 8.65. The molecule has 0 saturated carbocycles. The Balaban J connectivity index is 3.52. The summed E-state index contributed by atoms with van der Waals surface area (Å²) < 4.78 is 0. The standard InChI is InChI=1S/C13H24N2O/c1-5-6-7-8-9-14-12(4)13(16)15-10-11(2)3/h1,11-12,14H,6-10H2,2-4H3,(H,15,16). The molecular weight excluding hydrogens is 200 g/mol. The van der Waals surface area contributed by atoms with Crippen LogP contribution in [0.3, 0.4) is 0 Å². The summed E-state index contributed by atoms with van der Waals surface area (Å²) in [7, 11) is 0. The third-order valence-electron chi connectivity index (χ3n) is 2.28. The van der Waals surface area contributed by atoms with E-state index in [1.165, 1.54) is 0 Å². The molecule has 0 aliphatic carbocycles. The van der Waals surface area contributed by atoms with Crippen LogP contribution in [-0.2, 0) is 4.79 Å². The van der Waals surface area contributed by atoms with E-state index in [-0.39, 0.29) is 11.9 Å². The molecular formula is C13H24N2O. The molecule has 2 N–H and O–H groups in total. The van der Waals surface area contributed by atoms with Gasteiger partial charge >= 0.3 is 0 Å². The average molecular weight is 224 g/mol. The smallest absolute Gasteiger partial charge is 0.236 e. The summed E-state index contributed by atoms with van der Waals surface area (Å²) in [5.74, 6) is 3.17. The van der Waals surface area contributed by atoms with Crippen LogP contribution >= 0.6 is 0 Å². The first-order valence-corrected chi connectivity index (χ1v) is 6.02. The molecule has 16 heavy (non-hydrogen) atoms. The molecule has 1 amide bonds. The normalized spacial score (nSPS) is 12.2. The van der Waals surface area contributed by atoms with E-state index in [1.54, 1.807) is 0 Å². The maximum Gasteiger partial charge on any atom is 0.236 e. The molecule has 0 radical (unpaired) electrons. The summed E-state index contributed by atoms with van der Waals surface area (Å²) in [6, 6.07) is -0.121. The summed E-state index contributed by atoms with van der Waals surface area (Å²) in [6.45, 7) is 7.63. The SMILES string of the molecule is C#CCCCCNC(C)C(=O)NCC(C)C. The fourth-order valence-electron chi connectivity index (χ4n) is 1.22. The van der Waals surface area contributed by atoms with Crippen molar-refractivity contribution in [3.63, 3.8) is 0 Å². The average Bonchev–Trinajstić information content (AvgIpc) is 2.25. The Hall–Kier alpha value is -1.01. The molecule has 3 nitrogen and oxygen atoms in total. The van der Waals surface area contributed by atoms with E-state index in [9.17, 15) is 4.79 Å². The van der Waals surface area contributed by atoms with Gasteiger partial charge in [0, 0.05) is 13.0 Å². The molecule has 0 aromatic carbocycles. The first-order valence-electron chi connectivity index (χ1n) is 6.02. The molecule has 0 heterocycles. The predicted octanol–water partition coefficient (Wildman–Crippen LogP) is 1.54. The lowest BCUT2D eigenvalue weighted by Gasteiger charge is -2.14. The second kappa shape index (κ2) is 9.23. The van der Waals surface area contributed by atoms with Gasteiger partial charge in [0.1, 0.15) is 0 Å². The molecule has 0 fully saturated rings. The second-order valence-corrected chi connectivity index (χ2v) is 4.48. The Bertz CT molecular complexity index is 231. The minimum Gasteiger partial charge on any atom is -0.354 e. The molecule has 1 unspecified atom stereocenters. The van der Waals surface area contributed by atoms with E-state index >= 15 is 0 Å². The molecule has 92 valence electrons. The maximum absolute atomic E-state index is 11.6. The van der Waals surface area contributed by atoms with Crippen LogP contribution in [0.2, 0.25) is 0 Å². The lowest BCUT2D eigenvalue weighted by atomic mass is 10.2. The summed E-state index contributed by atoms with van der Waals surface area (Å²) >= 11 is 0. The molecule has 0 saturated heterocycles. The van der Waals surface area contributed by atoms with Crippen LogP contribution in [0, 0.1) is 18.3 Å². The number of unbranched alkanes of at least 4 members (excludes halogenated alkanes) is 2. The van der Waals surface area contributed by atoms with E-state index in [0.29, 0.717) is 5.92 Å². The minimum absolute atomic E-state index is 0.0747. The highest BCUT2D eigenvalue weighted by atomic mass is 16.2. The van der Waals surface area contributed by atoms with Crippen LogP contribution in [0.1, 0.15) is 40.0 Å². The van der Waals surface area contributed by atoms with Crippen molar-refractivity contribution in [2.45, 2.75) is 46.1 Å². The van der Waals surface area contributed by atoms with E-state index in [4.69, 9.17) is 6.42 Å². The predicted molar refractivity (Wildman–Crippen MR) is 68.0 cm³/mol. The van der Waals surface area contributed by atoms with Gasteiger partial charge in [0.05, 0.1) is 6.04 Å². The van der Waals surface area contributed by atoms with Crippen molar-refractivity contribution in [3.8, 4) is 12.3 Å². The van der Waals surface area contributed by atoms with E-state index < -0.39 is 0 Å². The summed E-state index contributed by atoms with van der Waals surface area (Å²) in [5, 5.41) is 6.08. The molecule has 0 aliphatic rings. The van der Waals surface area contributed by atoms with Gasteiger partial charge in [0.25, 0.3) is 0 Å². The number of hydrogen-bond acceptors (Lipinski definition) is 2. The third-order valence-corrected chi connectivity index (χ3v) is 2.28. The number of carbonyl (C=O) groups excluding carboxylic acids is 1. The number of amides is 1. The van der Waals surface area contributed by atoms with Crippen LogP contribution in [0.25, 0.3) is 0 Å². The monoisotopic (exact) mass is 224 g/mol. The quantitative estimate of drug-likeness (QED) is 0.485. The van der Waals surface area contributed by atoms with Crippen LogP contribution in [-0.4, -0.2) is 25.0 Å². The molecule has 3 heteroatoms. The van der Waals surface area contributed by atoms with Gasteiger partial charge in [-0.2, -0.15) is 0 Å². The zero-order chi connectivity index (χ0) is 12.4. The Labute approximate surface area is 99.4 Å². The van der Waals surface area contributed by atoms with E-state index in [1.807, 2.05) is 6.92 Å². The highest BCUT2D eigenvalue weighted by molar-refractivity contribution is 5.81. The van der Waals surface area contributed by atoms with Crippen molar-refractivity contribution in [1.82, 2.24) is 10.6 Å². The summed E-state index contributed by atoms with van der Waals surface area (Å²) in [4.78, 5) is 11.6. The summed E-state index contributed by atoms with van der Waals surface area (Å²) in [5.41, 5.74) is 0. The molecule has 0 aromatic rings. The highest BCUT2D eigenvalue weighted by Gasteiger charge is 2.10. The summed E-state index contributed by atoms with van der Waals surface area (Å²) in [6.07, 6.45) is 8.00. The second-order valence-electron chi connectivity index (χ2n) is 4.48. The van der Waals surface area contributed by atoms with Gasteiger partial charge in [-0.15, -0.1) is 12.3 Å². The zero-order valence-electron chi connectivity index (χ0n) is 10.7. The molecule has 0 rings (SSSR count). The Morgan fingerprint density at radius 3 is 2.56 bits per heavy atom. The van der Waals surface area contributed by atoms with Crippen LogP contribution < -0.4 is 10.6 Å². The van der Waals surface area contributed by atoms with Crippen molar-refractivity contribution >= 4 is 5.91 Å². The van der Waals surface area contributed by atoms with Crippen LogP contribution in [0.4, 0.5) is 0 Å². The van der Waals surface area contributed by atoms with Crippen molar-refractivity contribution in [1.29, 1.82) is 0 Å². The van der Waals surface area contributed by atoms with Gasteiger partial charge in [-0.25, -0.2) is 0 Å². The van der Waals surface area contributed by atoms with Gasteiger partial charge in [-0.1, -0.05) is 13.8 Å².